The van der Waals surface area contributed by atoms with Crippen LogP contribution in [0.25, 0.3) is 5.57 Å². The van der Waals surface area contributed by atoms with E-state index in [4.69, 9.17) is 4.74 Å². The molecular formula is C26H36FN3O2. The van der Waals surface area contributed by atoms with Gasteiger partial charge in [0.15, 0.2) is 0 Å². The summed E-state index contributed by atoms with van der Waals surface area (Å²) in [7, 11) is 0. The molecule has 1 aromatic carbocycles. The molecule has 1 atom stereocenters. The van der Waals surface area contributed by atoms with E-state index in [9.17, 15) is 9.18 Å². The van der Waals surface area contributed by atoms with Crippen molar-refractivity contribution in [1.29, 1.82) is 0 Å². The number of allylic oxidation sites excluding steroid dienone is 4. The summed E-state index contributed by atoms with van der Waals surface area (Å²) in [5, 5.41) is 0. The SMILES string of the molecule is C=CN=C(C)C(/C(=C\C)c1ccccc1F)=C(\C)N1CCN(C(=O)OC(C)(C)C)C[C@@H]1C. The van der Waals surface area contributed by atoms with Gasteiger partial charge in [0.1, 0.15) is 11.4 Å². The highest BCUT2D eigenvalue weighted by molar-refractivity contribution is 6.12. The molecule has 0 unspecified atom stereocenters. The Morgan fingerprint density at radius 3 is 2.44 bits per heavy atom. The minimum Gasteiger partial charge on any atom is -0.444 e. The van der Waals surface area contributed by atoms with Crippen molar-refractivity contribution in [1.82, 2.24) is 9.80 Å². The Morgan fingerprint density at radius 1 is 1.25 bits per heavy atom. The van der Waals surface area contributed by atoms with Crippen LogP contribution in [0.4, 0.5) is 9.18 Å². The molecule has 1 aliphatic heterocycles. The molecule has 2 rings (SSSR count). The predicted molar refractivity (Wildman–Crippen MR) is 130 cm³/mol. The highest BCUT2D eigenvalue weighted by atomic mass is 19.1. The van der Waals surface area contributed by atoms with Crippen LogP contribution in [-0.2, 0) is 4.74 Å². The number of hydrogen-bond donors (Lipinski definition) is 0. The number of piperazine rings is 1. The second-order valence-corrected chi connectivity index (χ2v) is 9.01. The maximum absolute atomic E-state index is 14.7. The number of ether oxygens (including phenoxy) is 1. The van der Waals surface area contributed by atoms with Crippen LogP contribution in [0.5, 0.6) is 0 Å². The molecule has 5 nitrogen and oxygen atoms in total. The highest BCUT2D eigenvalue weighted by Gasteiger charge is 2.31. The van der Waals surface area contributed by atoms with Crippen molar-refractivity contribution in [3.05, 3.63) is 65.8 Å². The van der Waals surface area contributed by atoms with Crippen molar-refractivity contribution in [3.63, 3.8) is 0 Å². The summed E-state index contributed by atoms with van der Waals surface area (Å²) in [5.74, 6) is -0.278. The van der Waals surface area contributed by atoms with E-state index in [0.717, 1.165) is 22.6 Å². The first-order valence-electron chi connectivity index (χ1n) is 11.0. The zero-order valence-corrected chi connectivity index (χ0v) is 20.4. The fourth-order valence-electron chi connectivity index (χ4n) is 4.06. The van der Waals surface area contributed by atoms with E-state index in [1.54, 1.807) is 17.0 Å². The Morgan fingerprint density at radius 2 is 1.91 bits per heavy atom. The molecule has 1 heterocycles. The molecule has 0 aromatic heterocycles. The Bertz CT molecular complexity index is 941. The molecule has 0 bridgehead atoms. The van der Waals surface area contributed by atoms with Gasteiger partial charge in [-0.25, -0.2) is 9.18 Å². The summed E-state index contributed by atoms with van der Waals surface area (Å²) < 4.78 is 20.2. The quantitative estimate of drug-likeness (QED) is 0.413. The highest BCUT2D eigenvalue weighted by Crippen LogP contribution is 2.31. The molecule has 0 radical (unpaired) electrons. The molecule has 0 N–H and O–H groups in total. The van der Waals surface area contributed by atoms with Gasteiger partial charge < -0.3 is 14.5 Å². The fourth-order valence-corrected chi connectivity index (χ4v) is 4.06. The van der Waals surface area contributed by atoms with Gasteiger partial charge in [-0.2, -0.15) is 0 Å². The van der Waals surface area contributed by atoms with Crippen LogP contribution in [0.15, 0.2) is 59.4 Å². The van der Waals surface area contributed by atoms with E-state index in [-0.39, 0.29) is 18.0 Å². The first kappa shape index (κ1) is 25.4. The first-order chi connectivity index (χ1) is 15.0. The van der Waals surface area contributed by atoms with E-state index in [1.807, 2.05) is 53.7 Å². The standard InChI is InChI=1S/C26H36FN3O2/c1-9-21(22-13-11-12-14-23(22)27)24(19(4)28-10-2)20(5)30-16-15-29(17-18(30)3)25(31)32-26(6,7)8/h9-14,18H,2,15-17H2,1,3-8H3/b21-9-,24-20-,28-19?/t18-/m0/s1. The Balaban J connectivity index is 2.43. The van der Waals surface area contributed by atoms with Crippen LogP contribution < -0.4 is 0 Å². The number of nitrogens with zero attached hydrogens (tertiary/aromatic N) is 3. The molecule has 32 heavy (non-hydrogen) atoms. The molecule has 1 aromatic rings. The molecule has 1 aliphatic rings. The summed E-state index contributed by atoms with van der Waals surface area (Å²) in [6.45, 7) is 19.0. The van der Waals surface area contributed by atoms with Gasteiger partial charge in [0.05, 0.1) is 0 Å². The summed E-state index contributed by atoms with van der Waals surface area (Å²) in [6, 6.07) is 6.82. The average molecular weight is 442 g/mol. The largest absolute Gasteiger partial charge is 0.444 e. The zero-order chi connectivity index (χ0) is 24.1. The molecule has 174 valence electrons. The third kappa shape index (κ3) is 6.09. The second-order valence-electron chi connectivity index (χ2n) is 9.01. The van der Waals surface area contributed by atoms with Crippen LogP contribution in [0.1, 0.15) is 54.0 Å². The number of rotatable bonds is 5. The average Bonchev–Trinajstić information content (AvgIpc) is 2.71. The second kappa shape index (κ2) is 10.6. The smallest absolute Gasteiger partial charge is 0.410 e. The molecular weight excluding hydrogens is 405 g/mol. The van der Waals surface area contributed by atoms with E-state index in [1.165, 1.54) is 12.3 Å². The summed E-state index contributed by atoms with van der Waals surface area (Å²) in [5.41, 5.74) is 3.40. The number of amides is 1. The van der Waals surface area contributed by atoms with Gasteiger partial charge in [-0.05, 0) is 60.1 Å². The van der Waals surface area contributed by atoms with Crippen LogP contribution in [0, 0.1) is 5.82 Å². The normalized spacial score (nSPS) is 18.9. The third-order valence-corrected chi connectivity index (χ3v) is 5.44. The van der Waals surface area contributed by atoms with Gasteiger partial charge in [-0.1, -0.05) is 30.9 Å². The number of aliphatic imine (C=N–C) groups is 1. The van der Waals surface area contributed by atoms with Crippen molar-refractivity contribution in [2.45, 2.75) is 60.1 Å². The summed E-state index contributed by atoms with van der Waals surface area (Å²) in [4.78, 5) is 21.0. The molecule has 0 saturated carbocycles. The van der Waals surface area contributed by atoms with Gasteiger partial charge in [0.2, 0.25) is 0 Å². The number of carbonyl (C=O) groups excluding carboxylic acids is 1. The topological polar surface area (TPSA) is 45.1 Å². The van der Waals surface area contributed by atoms with Crippen molar-refractivity contribution < 1.29 is 13.9 Å². The summed E-state index contributed by atoms with van der Waals surface area (Å²) >= 11 is 0. The lowest BCUT2D eigenvalue weighted by Crippen LogP contribution is -2.54. The third-order valence-electron chi connectivity index (χ3n) is 5.44. The first-order valence-corrected chi connectivity index (χ1v) is 11.0. The zero-order valence-electron chi connectivity index (χ0n) is 20.4. The maximum atomic E-state index is 14.7. The van der Waals surface area contributed by atoms with E-state index < -0.39 is 5.60 Å². The van der Waals surface area contributed by atoms with E-state index in [2.05, 4.69) is 23.4 Å². The minimum absolute atomic E-state index is 0.0570. The van der Waals surface area contributed by atoms with E-state index in [0.29, 0.717) is 25.2 Å². The van der Waals surface area contributed by atoms with Crippen molar-refractivity contribution >= 4 is 17.4 Å². The van der Waals surface area contributed by atoms with Gasteiger partial charge in [0, 0.05) is 54.4 Å². The molecule has 1 fully saturated rings. The molecule has 0 spiro atoms. The predicted octanol–water partition coefficient (Wildman–Crippen LogP) is 6.05. The van der Waals surface area contributed by atoms with Crippen LogP contribution in [0.3, 0.4) is 0 Å². The van der Waals surface area contributed by atoms with Crippen LogP contribution >= 0.6 is 0 Å². The van der Waals surface area contributed by atoms with Gasteiger partial charge in [-0.15, -0.1) is 0 Å². The number of carbonyl (C=O) groups is 1. The monoisotopic (exact) mass is 441 g/mol. The Kier molecular flexibility index (Phi) is 8.42. The maximum Gasteiger partial charge on any atom is 0.410 e. The van der Waals surface area contributed by atoms with Crippen LogP contribution in [0.2, 0.25) is 0 Å². The molecule has 6 heteroatoms. The molecule has 1 saturated heterocycles. The fraction of sp³-hybridized carbons (Fsp3) is 0.462. The van der Waals surface area contributed by atoms with Crippen LogP contribution in [-0.4, -0.2) is 52.9 Å². The Labute approximate surface area is 192 Å². The lowest BCUT2D eigenvalue weighted by atomic mass is 9.91. The number of benzene rings is 1. The molecule has 1 amide bonds. The van der Waals surface area contributed by atoms with Crippen molar-refractivity contribution in [2.75, 3.05) is 19.6 Å². The van der Waals surface area contributed by atoms with Gasteiger partial charge in [0.25, 0.3) is 0 Å². The molecule has 0 aliphatic carbocycles. The van der Waals surface area contributed by atoms with E-state index >= 15 is 0 Å². The van der Waals surface area contributed by atoms with Gasteiger partial charge in [-0.3, -0.25) is 4.99 Å². The summed E-state index contributed by atoms with van der Waals surface area (Å²) in [6.07, 6.45) is 3.12. The van der Waals surface area contributed by atoms with Crippen molar-refractivity contribution in [2.24, 2.45) is 4.99 Å². The minimum atomic E-state index is -0.528. The van der Waals surface area contributed by atoms with Gasteiger partial charge >= 0.3 is 6.09 Å². The lowest BCUT2D eigenvalue weighted by molar-refractivity contribution is 0.0101. The van der Waals surface area contributed by atoms with Crippen molar-refractivity contribution in [3.8, 4) is 0 Å². The lowest BCUT2D eigenvalue weighted by Gasteiger charge is -2.42. The Hall–Kier alpha value is -2.89. The number of halogens is 1. The number of hydrogen-bond acceptors (Lipinski definition) is 4.